The Kier molecular flexibility index (Phi) is 3.29. The standard InChI is InChI=1S/C12H6BrFO4/c13-8-3-6(12(16)17)4-9(14)11(8)10-2-1-7(5-15)18-10/h1-5H,(H,16,17). The molecule has 0 aliphatic carbocycles. The van der Waals surface area contributed by atoms with E-state index in [0.29, 0.717) is 6.29 Å². The van der Waals surface area contributed by atoms with Crippen LogP contribution in [0.1, 0.15) is 20.9 Å². The molecule has 92 valence electrons. The van der Waals surface area contributed by atoms with Crippen LogP contribution in [0.5, 0.6) is 0 Å². The molecule has 2 aromatic rings. The third kappa shape index (κ3) is 2.19. The van der Waals surface area contributed by atoms with Crippen molar-refractivity contribution in [2.75, 3.05) is 0 Å². The Morgan fingerprint density at radius 2 is 2.11 bits per heavy atom. The largest absolute Gasteiger partial charge is 0.478 e. The first kappa shape index (κ1) is 12.5. The van der Waals surface area contributed by atoms with E-state index in [2.05, 4.69) is 15.9 Å². The highest BCUT2D eigenvalue weighted by Crippen LogP contribution is 2.33. The zero-order chi connectivity index (χ0) is 13.3. The second-order valence-corrected chi connectivity index (χ2v) is 4.29. The molecule has 1 heterocycles. The van der Waals surface area contributed by atoms with Crippen molar-refractivity contribution in [1.82, 2.24) is 0 Å². The van der Waals surface area contributed by atoms with E-state index in [4.69, 9.17) is 9.52 Å². The Morgan fingerprint density at radius 3 is 2.61 bits per heavy atom. The van der Waals surface area contributed by atoms with Gasteiger partial charge < -0.3 is 9.52 Å². The summed E-state index contributed by atoms with van der Waals surface area (Å²) < 4.78 is 19.2. The normalized spacial score (nSPS) is 10.3. The van der Waals surface area contributed by atoms with E-state index in [1.807, 2.05) is 0 Å². The van der Waals surface area contributed by atoms with E-state index in [1.165, 1.54) is 18.2 Å². The van der Waals surface area contributed by atoms with Crippen molar-refractivity contribution >= 4 is 28.2 Å². The number of halogens is 2. The lowest BCUT2D eigenvalue weighted by Crippen LogP contribution is -1.98. The number of hydrogen-bond acceptors (Lipinski definition) is 3. The molecular formula is C12H6BrFO4. The summed E-state index contributed by atoms with van der Waals surface area (Å²) in [5, 5.41) is 8.78. The van der Waals surface area contributed by atoms with E-state index >= 15 is 0 Å². The van der Waals surface area contributed by atoms with Gasteiger partial charge in [-0.25, -0.2) is 9.18 Å². The van der Waals surface area contributed by atoms with Gasteiger partial charge in [-0.3, -0.25) is 4.79 Å². The van der Waals surface area contributed by atoms with Crippen LogP contribution in [0.2, 0.25) is 0 Å². The molecule has 6 heteroatoms. The number of furan rings is 1. The van der Waals surface area contributed by atoms with Crippen LogP contribution in [0.25, 0.3) is 11.3 Å². The monoisotopic (exact) mass is 312 g/mol. The summed E-state index contributed by atoms with van der Waals surface area (Å²) in [6.45, 7) is 0. The molecule has 0 aliphatic heterocycles. The number of carboxylic acid groups (broad SMARTS) is 1. The van der Waals surface area contributed by atoms with Crippen LogP contribution in [-0.2, 0) is 0 Å². The Bertz CT molecular complexity index is 610. The number of aldehydes is 1. The molecule has 0 spiro atoms. The number of aromatic carboxylic acids is 1. The number of benzene rings is 1. The van der Waals surface area contributed by atoms with E-state index in [-0.39, 0.29) is 27.1 Å². The van der Waals surface area contributed by atoms with Gasteiger partial charge in [0.25, 0.3) is 0 Å². The lowest BCUT2D eigenvalue weighted by Gasteiger charge is -2.04. The molecule has 0 saturated carbocycles. The van der Waals surface area contributed by atoms with E-state index < -0.39 is 11.8 Å². The molecule has 1 aromatic carbocycles. The summed E-state index contributed by atoms with van der Waals surface area (Å²) >= 11 is 3.08. The van der Waals surface area contributed by atoms with E-state index in [1.54, 1.807) is 0 Å². The van der Waals surface area contributed by atoms with Gasteiger partial charge in [0.2, 0.25) is 0 Å². The van der Waals surface area contributed by atoms with Crippen molar-refractivity contribution in [3.8, 4) is 11.3 Å². The number of rotatable bonds is 3. The van der Waals surface area contributed by atoms with Gasteiger partial charge in [-0.15, -0.1) is 0 Å². The fraction of sp³-hybridized carbons (Fsp3) is 0. The molecule has 2 rings (SSSR count). The zero-order valence-electron chi connectivity index (χ0n) is 8.81. The van der Waals surface area contributed by atoms with Crippen LogP contribution in [0, 0.1) is 5.82 Å². The molecule has 18 heavy (non-hydrogen) atoms. The molecule has 0 bridgehead atoms. The van der Waals surface area contributed by atoms with E-state index in [0.717, 1.165) is 6.07 Å². The first-order chi connectivity index (χ1) is 8.52. The maximum Gasteiger partial charge on any atom is 0.335 e. The second-order valence-electron chi connectivity index (χ2n) is 3.44. The summed E-state index contributed by atoms with van der Waals surface area (Å²) in [7, 11) is 0. The van der Waals surface area contributed by atoms with Gasteiger partial charge in [-0.05, 0) is 40.2 Å². The van der Waals surface area contributed by atoms with Crippen LogP contribution >= 0.6 is 15.9 Å². The quantitative estimate of drug-likeness (QED) is 0.882. The predicted octanol–water partition coefficient (Wildman–Crippen LogP) is 3.36. The van der Waals surface area contributed by atoms with Crippen molar-refractivity contribution in [2.24, 2.45) is 0 Å². The number of carbonyl (C=O) groups is 2. The fourth-order valence-corrected chi connectivity index (χ4v) is 2.11. The Morgan fingerprint density at radius 1 is 1.39 bits per heavy atom. The first-order valence-corrected chi connectivity index (χ1v) is 5.60. The van der Waals surface area contributed by atoms with Crippen LogP contribution in [0.15, 0.2) is 33.2 Å². The summed E-state index contributed by atoms with van der Waals surface area (Å²) in [6.07, 6.45) is 0.501. The SMILES string of the molecule is O=Cc1ccc(-c2c(F)cc(C(=O)O)cc2Br)o1. The number of carbonyl (C=O) groups excluding carboxylic acids is 1. The molecule has 1 aromatic heterocycles. The lowest BCUT2D eigenvalue weighted by atomic mass is 10.1. The summed E-state index contributed by atoms with van der Waals surface area (Å²) in [5.41, 5.74) is -0.0987. The molecule has 0 fully saturated rings. The minimum Gasteiger partial charge on any atom is -0.478 e. The fourth-order valence-electron chi connectivity index (χ4n) is 1.48. The van der Waals surface area contributed by atoms with Crippen molar-refractivity contribution in [3.63, 3.8) is 0 Å². The summed E-state index contributed by atoms with van der Waals surface area (Å²) in [5.74, 6) is -1.75. The van der Waals surface area contributed by atoms with Crippen molar-refractivity contribution in [1.29, 1.82) is 0 Å². The van der Waals surface area contributed by atoms with Crippen LogP contribution < -0.4 is 0 Å². The third-order valence-corrected chi connectivity index (χ3v) is 2.90. The van der Waals surface area contributed by atoms with Crippen LogP contribution in [-0.4, -0.2) is 17.4 Å². The van der Waals surface area contributed by atoms with Gasteiger partial charge in [-0.1, -0.05) is 0 Å². The van der Waals surface area contributed by atoms with Gasteiger partial charge in [0.05, 0.1) is 11.1 Å². The highest BCUT2D eigenvalue weighted by atomic mass is 79.9. The van der Waals surface area contributed by atoms with Crippen molar-refractivity contribution in [2.45, 2.75) is 0 Å². The maximum atomic E-state index is 13.8. The van der Waals surface area contributed by atoms with Gasteiger partial charge in [0.15, 0.2) is 12.0 Å². The smallest absolute Gasteiger partial charge is 0.335 e. The molecule has 0 unspecified atom stereocenters. The van der Waals surface area contributed by atoms with Crippen molar-refractivity contribution in [3.05, 3.63) is 45.9 Å². The molecule has 0 atom stereocenters. The maximum absolute atomic E-state index is 13.8. The average Bonchev–Trinajstić information content (AvgIpc) is 2.76. The molecule has 0 radical (unpaired) electrons. The topological polar surface area (TPSA) is 67.5 Å². The molecular weight excluding hydrogens is 307 g/mol. The molecule has 1 N–H and O–H groups in total. The van der Waals surface area contributed by atoms with Crippen molar-refractivity contribution < 1.29 is 23.5 Å². The van der Waals surface area contributed by atoms with Gasteiger partial charge in [0, 0.05) is 4.47 Å². The highest BCUT2D eigenvalue weighted by molar-refractivity contribution is 9.10. The summed E-state index contributed by atoms with van der Waals surface area (Å²) in [6, 6.07) is 5.00. The Hall–Kier alpha value is -1.95. The minimum absolute atomic E-state index is 0.0682. The Labute approximate surface area is 109 Å². The average molecular weight is 313 g/mol. The molecule has 0 aliphatic rings. The minimum atomic E-state index is -1.23. The molecule has 0 amide bonds. The second kappa shape index (κ2) is 4.73. The van der Waals surface area contributed by atoms with Gasteiger partial charge in [-0.2, -0.15) is 0 Å². The van der Waals surface area contributed by atoms with E-state index in [9.17, 15) is 14.0 Å². The predicted molar refractivity (Wildman–Crippen MR) is 64.1 cm³/mol. The molecule has 0 saturated heterocycles. The Balaban J connectivity index is 2.57. The first-order valence-electron chi connectivity index (χ1n) is 4.80. The zero-order valence-corrected chi connectivity index (χ0v) is 10.4. The van der Waals surface area contributed by atoms with Crippen LogP contribution in [0.3, 0.4) is 0 Å². The lowest BCUT2D eigenvalue weighted by molar-refractivity contribution is 0.0696. The highest BCUT2D eigenvalue weighted by Gasteiger charge is 2.17. The van der Waals surface area contributed by atoms with Gasteiger partial charge >= 0.3 is 5.97 Å². The third-order valence-electron chi connectivity index (χ3n) is 2.28. The molecule has 4 nitrogen and oxygen atoms in total. The summed E-state index contributed by atoms with van der Waals surface area (Å²) in [4.78, 5) is 21.2. The number of carboxylic acids is 1. The van der Waals surface area contributed by atoms with Gasteiger partial charge in [0.1, 0.15) is 11.6 Å². The van der Waals surface area contributed by atoms with Crippen LogP contribution in [0.4, 0.5) is 4.39 Å². The number of hydrogen-bond donors (Lipinski definition) is 1.